The van der Waals surface area contributed by atoms with Gasteiger partial charge < -0.3 is 5.73 Å². The summed E-state index contributed by atoms with van der Waals surface area (Å²) in [6.07, 6.45) is 1.20. The van der Waals surface area contributed by atoms with Gasteiger partial charge in [-0.1, -0.05) is 6.92 Å². The summed E-state index contributed by atoms with van der Waals surface area (Å²) >= 11 is 0. The van der Waals surface area contributed by atoms with Crippen molar-refractivity contribution in [2.75, 3.05) is 13.1 Å². The lowest BCUT2D eigenvalue weighted by atomic mass is 10.1. The monoisotopic (exact) mass is 235 g/mol. The van der Waals surface area contributed by atoms with E-state index in [0.29, 0.717) is 5.56 Å². The van der Waals surface area contributed by atoms with Crippen molar-refractivity contribution in [1.82, 2.24) is 4.90 Å². The maximum atomic E-state index is 13.4. The lowest BCUT2D eigenvalue weighted by Gasteiger charge is -2.15. The first-order valence-electron chi connectivity index (χ1n) is 5.91. The Morgan fingerprint density at radius 1 is 1.53 bits per heavy atom. The predicted molar refractivity (Wildman–Crippen MR) is 66.5 cm³/mol. The molecule has 1 fully saturated rings. The molecule has 17 heavy (non-hydrogen) atoms. The van der Waals surface area contributed by atoms with Crippen molar-refractivity contribution in [3.8, 4) is 0 Å². The fraction of sp³-hybridized carbons (Fsp3) is 0.462. The van der Waals surface area contributed by atoms with Crippen LogP contribution in [0.5, 0.6) is 0 Å². The molecule has 1 aliphatic heterocycles. The van der Waals surface area contributed by atoms with Crippen LogP contribution >= 0.6 is 0 Å². The number of likely N-dealkylation sites (tertiary alicyclic amines) is 1. The van der Waals surface area contributed by atoms with Crippen molar-refractivity contribution >= 4 is 5.84 Å². The molecule has 0 saturated carbocycles. The van der Waals surface area contributed by atoms with Crippen LogP contribution in [0.25, 0.3) is 0 Å². The number of rotatable bonds is 3. The van der Waals surface area contributed by atoms with E-state index in [9.17, 15) is 4.39 Å². The van der Waals surface area contributed by atoms with Crippen LogP contribution in [0.1, 0.15) is 24.5 Å². The summed E-state index contributed by atoms with van der Waals surface area (Å²) in [4.78, 5) is 2.31. The second kappa shape index (κ2) is 4.84. The molecule has 0 aliphatic carbocycles. The molecule has 1 unspecified atom stereocenters. The van der Waals surface area contributed by atoms with Crippen LogP contribution in [-0.4, -0.2) is 23.8 Å². The average Bonchev–Trinajstić information content (AvgIpc) is 2.63. The lowest BCUT2D eigenvalue weighted by molar-refractivity contribution is 0.320. The molecule has 1 aromatic carbocycles. The Morgan fingerprint density at radius 3 is 2.88 bits per heavy atom. The molecule has 2 rings (SSSR count). The molecule has 1 aromatic rings. The topological polar surface area (TPSA) is 53.1 Å². The molecule has 0 radical (unpaired) electrons. The number of nitrogen functional groups attached to an aromatic ring is 1. The molecule has 0 aromatic heterocycles. The zero-order valence-corrected chi connectivity index (χ0v) is 10.0. The average molecular weight is 235 g/mol. The number of nitrogens with one attached hydrogen (secondary N) is 1. The van der Waals surface area contributed by atoms with E-state index < -0.39 is 0 Å². The molecule has 1 heterocycles. The zero-order chi connectivity index (χ0) is 12.4. The normalized spacial score (nSPS) is 20.7. The second-order valence-corrected chi connectivity index (χ2v) is 4.89. The van der Waals surface area contributed by atoms with Gasteiger partial charge in [0.2, 0.25) is 0 Å². The number of hydrogen-bond donors (Lipinski definition) is 2. The number of amidine groups is 1. The van der Waals surface area contributed by atoms with E-state index in [-0.39, 0.29) is 11.7 Å². The highest BCUT2D eigenvalue weighted by Gasteiger charge is 2.18. The summed E-state index contributed by atoms with van der Waals surface area (Å²) in [7, 11) is 0. The van der Waals surface area contributed by atoms with Crippen LogP contribution in [0.2, 0.25) is 0 Å². The maximum Gasteiger partial charge on any atom is 0.124 e. The molecule has 1 saturated heterocycles. The quantitative estimate of drug-likeness (QED) is 0.621. The van der Waals surface area contributed by atoms with Gasteiger partial charge in [-0.05, 0) is 42.6 Å². The smallest absolute Gasteiger partial charge is 0.124 e. The van der Waals surface area contributed by atoms with Gasteiger partial charge in [0.25, 0.3) is 0 Å². The molecular formula is C13H18FN3. The second-order valence-electron chi connectivity index (χ2n) is 4.89. The summed E-state index contributed by atoms with van der Waals surface area (Å²) in [5.74, 6) is 0.316. The van der Waals surface area contributed by atoms with Crippen molar-refractivity contribution in [3.63, 3.8) is 0 Å². The highest BCUT2D eigenvalue weighted by Crippen LogP contribution is 2.19. The van der Waals surface area contributed by atoms with Gasteiger partial charge in [-0.2, -0.15) is 0 Å². The Morgan fingerprint density at radius 2 is 2.29 bits per heavy atom. The van der Waals surface area contributed by atoms with Crippen LogP contribution in [0.15, 0.2) is 18.2 Å². The van der Waals surface area contributed by atoms with Crippen LogP contribution < -0.4 is 5.73 Å². The van der Waals surface area contributed by atoms with Gasteiger partial charge >= 0.3 is 0 Å². The third kappa shape index (κ3) is 3.03. The van der Waals surface area contributed by atoms with Crippen molar-refractivity contribution in [2.45, 2.75) is 19.9 Å². The largest absolute Gasteiger partial charge is 0.384 e. The Labute approximate surface area is 101 Å². The minimum atomic E-state index is -0.319. The Kier molecular flexibility index (Phi) is 3.43. The maximum absolute atomic E-state index is 13.4. The first kappa shape index (κ1) is 12.0. The van der Waals surface area contributed by atoms with E-state index in [1.54, 1.807) is 6.07 Å². The van der Waals surface area contributed by atoms with Gasteiger partial charge in [-0.25, -0.2) is 4.39 Å². The summed E-state index contributed by atoms with van der Waals surface area (Å²) in [5, 5.41) is 7.34. The summed E-state index contributed by atoms with van der Waals surface area (Å²) in [6, 6.07) is 4.63. The molecule has 1 atom stereocenters. The van der Waals surface area contributed by atoms with Crippen LogP contribution in [-0.2, 0) is 6.54 Å². The van der Waals surface area contributed by atoms with E-state index in [1.807, 2.05) is 0 Å². The standard InChI is InChI=1S/C13H18FN3/c1-9-2-3-17(7-9)8-10-4-11(13(15)16)6-12(14)5-10/h4-6,9H,2-3,7-8H2,1H3,(H3,15,16). The van der Waals surface area contributed by atoms with Crippen molar-refractivity contribution in [3.05, 3.63) is 35.1 Å². The first-order chi connectivity index (χ1) is 8.04. The minimum Gasteiger partial charge on any atom is -0.384 e. The molecule has 0 amide bonds. The molecule has 0 bridgehead atoms. The molecule has 3 nitrogen and oxygen atoms in total. The fourth-order valence-corrected chi connectivity index (χ4v) is 2.33. The van der Waals surface area contributed by atoms with Gasteiger partial charge in [-0.3, -0.25) is 10.3 Å². The SMILES string of the molecule is CC1CCN(Cc2cc(F)cc(C(=N)N)c2)C1. The van der Waals surface area contributed by atoms with E-state index in [2.05, 4.69) is 11.8 Å². The first-order valence-corrected chi connectivity index (χ1v) is 5.91. The molecule has 1 aliphatic rings. The van der Waals surface area contributed by atoms with E-state index in [4.69, 9.17) is 11.1 Å². The Balaban J connectivity index is 2.12. The van der Waals surface area contributed by atoms with Gasteiger partial charge in [0.15, 0.2) is 0 Å². The van der Waals surface area contributed by atoms with Crippen molar-refractivity contribution < 1.29 is 4.39 Å². The van der Waals surface area contributed by atoms with Crippen molar-refractivity contribution in [1.29, 1.82) is 5.41 Å². The molecule has 3 N–H and O–H groups in total. The van der Waals surface area contributed by atoms with E-state index in [0.717, 1.165) is 31.1 Å². The van der Waals surface area contributed by atoms with E-state index >= 15 is 0 Å². The van der Waals surface area contributed by atoms with Crippen LogP contribution in [0, 0.1) is 17.1 Å². The van der Waals surface area contributed by atoms with E-state index in [1.165, 1.54) is 18.6 Å². The third-order valence-electron chi connectivity index (χ3n) is 3.18. The van der Waals surface area contributed by atoms with Gasteiger partial charge in [-0.15, -0.1) is 0 Å². The fourth-order valence-electron chi connectivity index (χ4n) is 2.33. The van der Waals surface area contributed by atoms with Gasteiger partial charge in [0.05, 0.1) is 0 Å². The number of nitrogens with zero attached hydrogens (tertiary/aromatic N) is 1. The third-order valence-corrected chi connectivity index (χ3v) is 3.18. The lowest BCUT2D eigenvalue weighted by Crippen LogP contribution is -2.20. The van der Waals surface area contributed by atoms with Gasteiger partial charge in [0.1, 0.15) is 11.7 Å². The number of hydrogen-bond acceptors (Lipinski definition) is 2. The number of benzene rings is 1. The molecule has 4 heteroatoms. The predicted octanol–water partition coefficient (Wildman–Crippen LogP) is 1.95. The van der Waals surface area contributed by atoms with Crippen LogP contribution in [0.4, 0.5) is 4.39 Å². The minimum absolute atomic E-state index is 0.0828. The highest BCUT2D eigenvalue weighted by molar-refractivity contribution is 5.95. The highest BCUT2D eigenvalue weighted by atomic mass is 19.1. The Bertz CT molecular complexity index is 431. The van der Waals surface area contributed by atoms with Crippen molar-refractivity contribution in [2.24, 2.45) is 11.7 Å². The summed E-state index contributed by atoms with van der Waals surface area (Å²) in [6.45, 7) is 5.09. The molecule has 92 valence electrons. The van der Waals surface area contributed by atoms with Gasteiger partial charge in [0, 0.05) is 18.7 Å². The summed E-state index contributed by atoms with van der Waals surface area (Å²) in [5.41, 5.74) is 6.74. The number of halogens is 1. The number of nitrogens with two attached hydrogens (primary N) is 1. The van der Waals surface area contributed by atoms with Crippen LogP contribution in [0.3, 0.4) is 0 Å². The molecular weight excluding hydrogens is 217 g/mol. The Hall–Kier alpha value is -1.42. The molecule has 0 spiro atoms. The zero-order valence-electron chi connectivity index (χ0n) is 10.0. The summed E-state index contributed by atoms with van der Waals surface area (Å²) < 4.78 is 13.4.